The van der Waals surface area contributed by atoms with Crippen LogP contribution >= 0.6 is 11.6 Å². The van der Waals surface area contributed by atoms with Gasteiger partial charge in [0.1, 0.15) is 5.41 Å². The van der Waals surface area contributed by atoms with Gasteiger partial charge in [0.25, 0.3) is 0 Å². The molecule has 138 valence electrons. The van der Waals surface area contributed by atoms with Gasteiger partial charge in [0.2, 0.25) is 11.8 Å². The van der Waals surface area contributed by atoms with Gasteiger partial charge in [-0.15, -0.1) is 0 Å². The van der Waals surface area contributed by atoms with E-state index < -0.39 is 5.41 Å². The zero-order valence-electron chi connectivity index (χ0n) is 15.4. The van der Waals surface area contributed by atoms with Gasteiger partial charge in [-0.25, -0.2) is 0 Å². The number of carbonyl (C=O) groups excluding carboxylic acids is 2. The summed E-state index contributed by atoms with van der Waals surface area (Å²) in [7, 11) is 0. The molecule has 0 radical (unpaired) electrons. The normalized spacial score (nSPS) is 11.1. The predicted octanol–water partition coefficient (Wildman–Crippen LogP) is 4.36. The Labute approximate surface area is 159 Å². The fourth-order valence-electron chi connectivity index (χ4n) is 2.47. The first-order chi connectivity index (χ1) is 12.3. The number of aryl methyl sites for hydroxylation is 2. The van der Waals surface area contributed by atoms with Crippen LogP contribution in [-0.4, -0.2) is 18.4 Å². The van der Waals surface area contributed by atoms with E-state index in [1.54, 1.807) is 26.0 Å². The number of halogens is 1. The average molecular weight is 373 g/mol. The summed E-state index contributed by atoms with van der Waals surface area (Å²) in [6, 6.07) is 15.4. The van der Waals surface area contributed by atoms with Gasteiger partial charge in [0.05, 0.1) is 0 Å². The van der Waals surface area contributed by atoms with Crippen molar-refractivity contribution in [3.8, 4) is 0 Å². The molecular weight excluding hydrogens is 348 g/mol. The minimum atomic E-state index is -1.18. The van der Waals surface area contributed by atoms with E-state index in [2.05, 4.69) is 22.8 Å². The maximum atomic E-state index is 12.6. The molecule has 0 aliphatic heterocycles. The standard InChI is InChI=1S/C21H25ClN2O2/c1-15-11-12-17(22)14-18(15)24-20(26)21(2,3)19(25)23-13-7-10-16-8-5-4-6-9-16/h4-6,8-9,11-12,14H,7,10,13H2,1-3H3,(H,23,25)(H,24,26). The molecule has 0 aliphatic rings. The summed E-state index contributed by atoms with van der Waals surface area (Å²) < 4.78 is 0. The summed E-state index contributed by atoms with van der Waals surface area (Å²) >= 11 is 5.98. The van der Waals surface area contributed by atoms with E-state index in [-0.39, 0.29) is 11.8 Å². The molecule has 0 saturated heterocycles. The monoisotopic (exact) mass is 372 g/mol. The van der Waals surface area contributed by atoms with E-state index in [1.165, 1.54) is 5.56 Å². The van der Waals surface area contributed by atoms with Crippen LogP contribution in [0.1, 0.15) is 31.4 Å². The Bertz CT molecular complexity index is 773. The summed E-state index contributed by atoms with van der Waals surface area (Å²) in [4.78, 5) is 25.0. The topological polar surface area (TPSA) is 58.2 Å². The number of hydrogen-bond donors (Lipinski definition) is 2. The molecule has 0 bridgehead atoms. The minimum absolute atomic E-state index is 0.289. The lowest BCUT2D eigenvalue weighted by molar-refractivity contribution is -0.138. The van der Waals surface area contributed by atoms with Gasteiger partial charge in [-0.2, -0.15) is 0 Å². The van der Waals surface area contributed by atoms with Crippen molar-refractivity contribution in [3.63, 3.8) is 0 Å². The van der Waals surface area contributed by atoms with E-state index in [0.29, 0.717) is 17.3 Å². The Balaban J connectivity index is 1.87. The van der Waals surface area contributed by atoms with Crippen LogP contribution in [0.15, 0.2) is 48.5 Å². The molecule has 0 fully saturated rings. The molecule has 0 spiro atoms. The van der Waals surface area contributed by atoms with Gasteiger partial charge in [-0.05, 0) is 56.9 Å². The van der Waals surface area contributed by atoms with Crippen LogP contribution < -0.4 is 10.6 Å². The highest BCUT2D eigenvalue weighted by molar-refractivity contribution is 6.31. The van der Waals surface area contributed by atoms with Crippen molar-refractivity contribution in [2.24, 2.45) is 5.41 Å². The first-order valence-electron chi connectivity index (χ1n) is 8.70. The van der Waals surface area contributed by atoms with Crippen molar-refractivity contribution in [2.75, 3.05) is 11.9 Å². The van der Waals surface area contributed by atoms with Crippen LogP contribution in [0, 0.1) is 12.3 Å². The molecular formula is C21H25ClN2O2. The molecule has 2 rings (SSSR count). The van der Waals surface area contributed by atoms with Gasteiger partial charge in [0, 0.05) is 17.3 Å². The molecule has 0 unspecified atom stereocenters. The number of carbonyl (C=O) groups is 2. The molecule has 2 N–H and O–H groups in total. The summed E-state index contributed by atoms with van der Waals surface area (Å²) in [6.45, 7) is 5.65. The van der Waals surface area contributed by atoms with Crippen molar-refractivity contribution in [3.05, 3.63) is 64.7 Å². The van der Waals surface area contributed by atoms with Crippen molar-refractivity contribution >= 4 is 29.1 Å². The van der Waals surface area contributed by atoms with Crippen LogP contribution in [0.4, 0.5) is 5.69 Å². The Hall–Kier alpha value is -2.33. The smallest absolute Gasteiger partial charge is 0.239 e. The predicted molar refractivity (Wildman–Crippen MR) is 106 cm³/mol. The number of anilines is 1. The van der Waals surface area contributed by atoms with E-state index in [0.717, 1.165) is 18.4 Å². The number of benzene rings is 2. The molecule has 2 amide bonds. The van der Waals surface area contributed by atoms with Crippen molar-refractivity contribution < 1.29 is 9.59 Å². The number of nitrogens with one attached hydrogen (secondary N) is 2. The molecule has 0 saturated carbocycles. The Morgan fingerprint density at radius 2 is 1.73 bits per heavy atom. The molecule has 2 aromatic rings. The van der Waals surface area contributed by atoms with E-state index >= 15 is 0 Å². The zero-order valence-corrected chi connectivity index (χ0v) is 16.2. The number of amides is 2. The summed E-state index contributed by atoms with van der Waals surface area (Å²) in [5.41, 5.74) is 1.56. The maximum Gasteiger partial charge on any atom is 0.239 e. The van der Waals surface area contributed by atoms with Gasteiger partial charge < -0.3 is 10.6 Å². The second kappa shape index (κ2) is 8.86. The van der Waals surface area contributed by atoms with Crippen LogP contribution in [0.25, 0.3) is 0 Å². The molecule has 5 heteroatoms. The van der Waals surface area contributed by atoms with E-state index in [1.807, 2.05) is 31.2 Å². The summed E-state index contributed by atoms with van der Waals surface area (Å²) in [5, 5.41) is 6.20. The fraction of sp³-hybridized carbons (Fsp3) is 0.333. The van der Waals surface area contributed by atoms with Gasteiger partial charge >= 0.3 is 0 Å². The van der Waals surface area contributed by atoms with E-state index in [4.69, 9.17) is 11.6 Å². The fourth-order valence-corrected chi connectivity index (χ4v) is 2.64. The van der Waals surface area contributed by atoms with Gasteiger partial charge in [-0.1, -0.05) is 48.0 Å². The van der Waals surface area contributed by atoms with E-state index in [9.17, 15) is 9.59 Å². The highest BCUT2D eigenvalue weighted by Gasteiger charge is 2.36. The molecule has 0 heterocycles. The van der Waals surface area contributed by atoms with Crippen LogP contribution in [0.5, 0.6) is 0 Å². The third kappa shape index (κ3) is 5.33. The zero-order chi connectivity index (χ0) is 19.2. The summed E-state index contributed by atoms with van der Waals surface area (Å²) in [5.74, 6) is -0.647. The quantitative estimate of drug-likeness (QED) is 0.560. The molecule has 4 nitrogen and oxygen atoms in total. The second-order valence-electron chi connectivity index (χ2n) is 6.88. The third-order valence-corrected chi connectivity index (χ3v) is 4.59. The molecule has 26 heavy (non-hydrogen) atoms. The van der Waals surface area contributed by atoms with Gasteiger partial charge in [-0.3, -0.25) is 9.59 Å². The Kier molecular flexibility index (Phi) is 6.81. The SMILES string of the molecule is Cc1ccc(Cl)cc1NC(=O)C(C)(C)C(=O)NCCCc1ccccc1. The molecule has 0 aliphatic carbocycles. The van der Waals surface area contributed by atoms with Crippen LogP contribution in [0.2, 0.25) is 5.02 Å². The lowest BCUT2D eigenvalue weighted by atomic mass is 9.90. The third-order valence-electron chi connectivity index (χ3n) is 4.35. The van der Waals surface area contributed by atoms with Crippen molar-refractivity contribution in [1.29, 1.82) is 0 Å². The molecule has 0 atom stereocenters. The van der Waals surface area contributed by atoms with Crippen LogP contribution in [0.3, 0.4) is 0 Å². The molecule has 0 aromatic heterocycles. The second-order valence-corrected chi connectivity index (χ2v) is 7.32. The first-order valence-corrected chi connectivity index (χ1v) is 9.08. The Morgan fingerprint density at radius 1 is 1.04 bits per heavy atom. The number of rotatable bonds is 7. The van der Waals surface area contributed by atoms with Crippen molar-refractivity contribution in [2.45, 2.75) is 33.6 Å². The molecule has 2 aromatic carbocycles. The first kappa shape index (κ1) is 20.0. The summed E-state index contributed by atoms with van der Waals surface area (Å²) in [6.07, 6.45) is 1.70. The van der Waals surface area contributed by atoms with Gasteiger partial charge in [0.15, 0.2) is 0 Å². The minimum Gasteiger partial charge on any atom is -0.355 e. The lowest BCUT2D eigenvalue weighted by Gasteiger charge is -2.23. The van der Waals surface area contributed by atoms with Crippen LogP contribution in [-0.2, 0) is 16.0 Å². The Morgan fingerprint density at radius 3 is 2.42 bits per heavy atom. The lowest BCUT2D eigenvalue weighted by Crippen LogP contribution is -2.45. The largest absolute Gasteiger partial charge is 0.355 e. The average Bonchev–Trinajstić information content (AvgIpc) is 2.62. The highest BCUT2D eigenvalue weighted by Crippen LogP contribution is 2.24. The number of hydrogen-bond acceptors (Lipinski definition) is 2. The highest BCUT2D eigenvalue weighted by atomic mass is 35.5. The van der Waals surface area contributed by atoms with Crippen molar-refractivity contribution in [1.82, 2.24) is 5.32 Å². The maximum absolute atomic E-state index is 12.6.